The van der Waals surface area contributed by atoms with Gasteiger partial charge in [-0.2, -0.15) is 4.31 Å². The Kier molecular flexibility index (Phi) is 4.10. The van der Waals surface area contributed by atoms with Crippen molar-refractivity contribution in [1.29, 1.82) is 0 Å². The lowest BCUT2D eigenvalue weighted by Crippen LogP contribution is -2.28. The van der Waals surface area contributed by atoms with E-state index in [1.165, 1.54) is 0 Å². The number of H-pyrrole nitrogens is 1. The standard InChI is InChI=1S/C17H22N2O2S/c1-13-11-16(14(2)18-13)12-15-7-3-4-8-17(15)22(20,21)19-9-5-6-10-19/h3-4,7-8,11,18H,5-6,9-10,12H2,1-2H3. The summed E-state index contributed by atoms with van der Waals surface area (Å²) in [6, 6.07) is 9.46. The van der Waals surface area contributed by atoms with E-state index in [2.05, 4.69) is 11.1 Å². The van der Waals surface area contributed by atoms with Gasteiger partial charge < -0.3 is 4.98 Å². The molecule has 0 radical (unpaired) electrons. The van der Waals surface area contributed by atoms with Crippen LogP contribution < -0.4 is 0 Å². The minimum atomic E-state index is -3.37. The van der Waals surface area contributed by atoms with Crippen molar-refractivity contribution in [1.82, 2.24) is 9.29 Å². The molecule has 0 spiro atoms. The fourth-order valence-electron chi connectivity index (χ4n) is 3.14. The van der Waals surface area contributed by atoms with Crippen molar-refractivity contribution in [3.05, 3.63) is 52.8 Å². The normalized spacial score (nSPS) is 16.3. The highest BCUT2D eigenvalue weighted by molar-refractivity contribution is 7.89. The molecule has 3 rings (SSSR count). The summed E-state index contributed by atoms with van der Waals surface area (Å²) in [4.78, 5) is 3.74. The second-order valence-electron chi connectivity index (χ2n) is 6.00. The van der Waals surface area contributed by atoms with E-state index in [-0.39, 0.29) is 0 Å². The van der Waals surface area contributed by atoms with Crippen LogP contribution in [0.5, 0.6) is 0 Å². The molecule has 4 nitrogen and oxygen atoms in total. The molecule has 0 bridgehead atoms. The highest BCUT2D eigenvalue weighted by Crippen LogP contribution is 2.26. The van der Waals surface area contributed by atoms with E-state index < -0.39 is 10.0 Å². The molecule has 0 saturated carbocycles. The summed E-state index contributed by atoms with van der Waals surface area (Å²) >= 11 is 0. The Morgan fingerprint density at radius 1 is 1.09 bits per heavy atom. The molecular formula is C17H22N2O2S. The Balaban J connectivity index is 1.98. The Labute approximate surface area is 132 Å². The second-order valence-corrected chi connectivity index (χ2v) is 7.90. The van der Waals surface area contributed by atoms with Crippen molar-refractivity contribution in [3.8, 4) is 0 Å². The predicted octanol–water partition coefficient (Wildman–Crippen LogP) is 3.01. The van der Waals surface area contributed by atoms with Crippen LogP contribution in [0.25, 0.3) is 0 Å². The summed E-state index contributed by atoms with van der Waals surface area (Å²) in [6.45, 7) is 5.32. The molecule has 1 aromatic carbocycles. The highest BCUT2D eigenvalue weighted by atomic mass is 32.2. The third-order valence-corrected chi connectivity index (χ3v) is 6.29. The average Bonchev–Trinajstić information content (AvgIpc) is 3.10. The predicted molar refractivity (Wildman–Crippen MR) is 87.5 cm³/mol. The van der Waals surface area contributed by atoms with Crippen LogP contribution in [0.3, 0.4) is 0 Å². The Morgan fingerprint density at radius 3 is 2.41 bits per heavy atom. The third kappa shape index (κ3) is 2.83. The van der Waals surface area contributed by atoms with Crippen LogP contribution in [-0.2, 0) is 16.4 Å². The van der Waals surface area contributed by atoms with Crippen molar-refractivity contribution in [2.45, 2.75) is 38.0 Å². The molecule has 1 saturated heterocycles. The van der Waals surface area contributed by atoms with E-state index in [0.717, 1.165) is 35.4 Å². The maximum atomic E-state index is 12.9. The van der Waals surface area contributed by atoms with Crippen molar-refractivity contribution >= 4 is 10.0 Å². The molecule has 1 fully saturated rings. The topological polar surface area (TPSA) is 53.2 Å². The Morgan fingerprint density at radius 2 is 1.77 bits per heavy atom. The van der Waals surface area contributed by atoms with Gasteiger partial charge in [-0.1, -0.05) is 18.2 Å². The maximum Gasteiger partial charge on any atom is 0.243 e. The molecule has 0 aliphatic carbocycles. The van der Waals surface area contributed by atoms with Crippen LogP contribution in [0.1, 0.15) is 35.4 Å². The van der Waals surface area contributed by atoms with Crippen LogP contribution in [0.15, 0.2) is 35.2 Å². The Hall–Kier alpha value is -1.59. The van der Waals surface area contributed by atoms with E-state index in [4.69, 9.17) is 0 Å². The largest absolute Gasteiger partial charge is 0.362 e. The first-order valence-corrected chi connectivity index (χ1v) is 9.15. The number of aryl methyl sites for hydroxylation is 2. The molecule has 0 atom stereocenters. The van der Waals surface area contributed by atoms with Crippen molar-refractivity contribution in [3.63, 3.8) is 0 Å². The second kappa shape index (κ2) is 5.89. The molecule has 2 aromatic rings. The first-order valence-electron chi connectivity index (χ1n) is 7.71. The number of benzene rings is 1. The van der Waals surface area contributed by atoms with Gasteiger partial charge in [0.15, 0.2) is 0 Å². The van der Waals surface area contributed by atoms with E-state index in [1.807, 2.05) is 32.0 Å². The lowest BCUT2D eigenvalue weighted by atomic mass is 10.1. The van der Waals surface area contributed by atoms with Crippen LogP contribution in [0.4, 0.5) is 0 Å². The summed E-state index contributed by atoms with van der Waals surface area (Å²) in [5.74, 6) is 0. The van der Waals surface area contributed by atoms with E-state index >= 15 is 0 Å². The van der Waals surface area contributed by atoms with E-state index in [0.29, 0.717) is 24.4 Å². The fourth-order valence-corrected chi connectivity index (χ4v) is 4.88. The zero-order valence-corrected chi connectivity index (χ0v) is 13.9. The van der Waals surface area contributed by atoms with Gasteiger partial charge in [-0.3, -0.25) is 0 Å². The van der Waals surface area contributed by atoms with Gasteiger partial charge >= 0.3 is 0 Å². The number of aromatic amines is 1. The van der Waals surface area contributed by atoms with E-state index in [1.54, 1.807) is 10.4 Å². The molecule has 0 unspecified atom stereocenters. The maximum absolute atomic E-state index is 12.9. The molecule has 1 aromatic heterocycles. The first kappa shape index (κ1) is 15.3. The van der Waals surface area contributed by atoms with Crippen molar-refractivity contribution in [2.75, 3.05) is 13.1 Å². The van der Waals surface area contributed by atoms with Gasteiger partial charge in [-0.15, -0.1) is 0 Å². The number of aromatic nitrogens is 1. The van der Waals surface area contributed by atoms with Gasteiger partial charge in [-0.25, -0.2) is 8.42 Å². The zero-order chi connectivity index (χ0) is 15.7. The first-order chi connectivity index (χ1) is 10.5. The number of hydrogen-bond acceptors (Lipinski definition) is 2. The lowest BCUT2D eigenvalue weighted by molar-refractivity contribution is 0.477. The summed E-state index contributed by atoms with van der Waals surface area (Å²) in [6.07, 6.45) is 2.55. The highest BCUT2D eigenvalue weighted by Gasteiger charge is 2.29. The molecule has 1 aliphatic heterocycles. The fraction of sp³-hybridized carbons (Fsp3) is 0.412. The van der Waals surface area contributed by atoms with Crippen LogP contribution in [0, 0.1) is 13.8 Å². The van der Waals surface area contributed by atoms with Gasteiger partial charge in [0.05, 0.1) is 4.90 Å². The number of nitrogens with zero attached hydrogens (tertiary/aromatic N) is 1. The van der Waals surface area contributed by atoms with Crippen LogP contribution in [0.2, 0.25) is 0 Å². The number of nitrogens with one attached hydrogen (secondary N) is 1. The SMILES string of the molecule is Cc1cc(Cc2ccccc2S(=O)(=O)N2CCCC2)c(C)[nH]1. The van der Waals surface area contributed by atoms with E-state index in [9.17, 15) is 8.42 Å². The molecular weight excluding hydrogens is 296 g/mol. The quantitative estimate of drug-likeness (QED) is 0.942. The summed E-state index contributed by atoms with van der Waals surface area (Å²) < 4.78 is 27.3. The monoisotopic (exact) mass is 318 g/mol. The summed E-state index contributed by atoms with van der Waals surface area (Å²) in [7, 11) is -3.37. The van der Waals surface area contributed by atoms with Crippen LogP contribution in [-0.4, -0.2) is 30.8 Å². The van der Waals surface area contributed by atoms with Gasteiger partial charge in [0.25, 0.3) is 0 Å². The number of sulfonamides is 1. The average molecular weight is 318 g/mol. The van der Waals surface area contributed by atoms with Gasteiger partial charge in [0.1, 0.15) is 0 Å². The van der Waals surface area contributed by atoms with Gasteiger partial charge in [0, 0.05) is 30.9 Å². The van der Waals surface area contributed by atoms with Crippen molar-refractivity contribution < 1.29 is 8.42 Å². The lowest BCUT2D eigenvalue weighted by Gasteiger charge is -2.18. The minimum absolute atomic E-state index is 0.454. The van der Waals surface area contributed by atoms with Gasteiger partial charge in [0.2, 0.25) is 10.0 Å². The van der Waals surface area contributed by atoms with Crippen molar-refractivity contribution in [2.24, 2.45) is 0 Å². The van der Waals surface area contributed by atoms with Crippen LogP contribution >= 0.6 is 0 Å². The summed E-state index contributed by atoms with van der Waals surface area (Å²) in [5.41, 5.74) is 4.23. The molecule has 118 valence electrons. The molecule has 2 heterocycles. The third-order valence-electron chi connectivity index (χ3n) is 4.29. The smallest absolute Gasteiger partial charge is 0.243 e. The molecule has 5 heteroatoms. The molecule has 0 amide bonds. The molecule has 1 aliphatic rings. The van der Waals surface area contributed by atoms with Gasteiger partial charge in [-0.05, 0) is 49.9 Å². The minimum Gasteiger partial charge on any atom is -0.362 e. The Bertz CT molecular complexity index is 772. The molecule has 22 heavy (non-hydrogen) atoms. The zero-order valence-electron chi connectivity index (χ0n) is 13.1. The number of rotatable bonds is 4. The number of hydrogen-bond donors (Lipinski definition) is 1. The summed E-state index contributed by atoms with van der Waals surface area (Å²) in [5, 5.41) is 0. The molecule has 1 N–H and O–H groups in total.